The van der Waals surface area contributed by atoms with Gasteiger partial charge in [-0.05, 0) is 6.92 Å². The highest BCUT2D eigenvalue weighted by Crippen LogP contribution is 2.10. The van der Waals surface area contributed by atoms with E-state index in [0.717, 1.165) is 0 Å². The monoisotopic (exact) mass is 193 g/mol. The van der Waals surface area contributed by atoms with Gasteiger partial charge in [0.2, 0.25) is 0 Å². The molecule has 0 aliphatic rings. The highest BCUT2D eigenvalue weighted by Gasteiger charge is 2.14. The van der Waals surface area contributed by atoms with Crippen molar-refractivity contribution in [2.45, 2.75) is 13.5 Å². The lowest BCUT2D eigenvalue weighted by atomic mass is 10.3. The van der Waals surface area contributed by atoms with Gasteiger partial charge in [-0.2, -0.15) is 5.10 Å². The summed E-state index contributed by atoms with van der Waals surface area (Å²) in [6.45, 7) is 2.31. The van der Waals surface area contributed by atoms with E-state index in [1.807, 2.05) is 0 Å². The third-order valence-electron chi connectivity index (χ3n) is 1.54. The second-order valence-corrected chi connectivity index (χ2v) is 2.55. The summed E-state index contributed by atoms with van der Waals surface area (Å²) in [7, 11) is 0. The van der Waals surface area contributed by atoms with Crippen LogP contribution in [0.1, 0.15) is 17.3 Å². The van der Waals surface area contributed by atoms with Gasteiger partial charge >= 0.3 is 5.97 Å². The number of nitrogens with zero attached hydrogens (tertiary/aromatic N) is 2. The standard InChI is InChI=1S/C9H11N3O2/c1-3-5-12-6-7(8(10)11-12)9(13)14-4-2/h1,6H,4-5H2,2H3,(H2,10,11). The van der Waals surface area contributed by atoms with Crippen LogP contribution in [0, 0.1) is 12.3 Å². The summed E-state index contributed by atoms with van der Waals surface area (Å²) in [5.41, 5.74) is 5.75. The second kappa shape index (κ2) is 4.33. The molecule has 0 bridgehead atoms. The number of hydrogen-bond acceptors (Lipinski definition) is 4. The van der Waals surface area contributed by atoms with Crippen molar-refractivity contribution in [3.8, 4) is 12.3 Å². The number of nitrogen functional groups attached to an aromatic ring is 1. The van der Waals surface area contributed by atoms with Gasteiger partial charge in [-0.1, -0.05) is 5.92 Å². The number of carbonyl (C=O) groups excluding carboxylic acids is 1. The van der Waals surface area contributed by atoms with Crippen molar-refractivity contribution in [3.05, 3.63) is 11.8 Å². The van der Waals surface area contributed by atoms with Gasteiger partial charge < -0.3 is 10.5 Å². The molecule has 0 atom stereocenters. The van der Waals surface area contributed by atoms with E-state index in [1.165, 1.54) is 10.9 Å². The number of esters is 1. The number of rotatable bonds is 3. The van der Waals surface area contributed by atoms with Crippen molar-refractivity contribution in [2.24, 2.45) is 0 Å². The van der Waals surface area contributed by atoms with E-state index in [1.54, 1.807) is 6.92 Å². The molecule has 0 aliphatic heterocycles. The quantitative estimate of drug-likeness (QED) is 0.552. The number of hydrogen-bond donors (Lipinski definition) is 1. The maximum Gasteiger partial charge on any atom is 0.343 e. The van der Waals surface area contributed by atoms with Crippen molar-refractivity contribution in [3.63, 3.8) is 0 Å². The Labute approximate surface area is 81.8 Å². The predicted octanol–water partition coefficient (Wildman–Crippen LogP) is 0.275. The zero-order chi connectivity index (χ0) is 10.6. The minimum atomic E-state index is -0.478. The van der Waals surface area contributed by atoms with Gasteiger partial charge in [0.25, 0.3) is 0 Å². The molecule has 0 fully saturated rings. The molecule has 0 amide bonds. The van der Waals surface area contributed by atoms with Gasteiger partial charge in [0.05, 0.1) is 6.61 Å². The van der Waals surface area contributed by atoms with Gasteiger partial charge in [0.1, 0.15) is 12.1 Å². The first-order chi connectivity index (χ1) is 6.69. The second-order valence-electron chi connectivity index (χ2n) is 2.55. The van der Waals surface area contributed by atoms with E-state index in [-0.39, 0.29) is 17.9 Å². The van der Waals surface area contributed by atoms with E-state index >= 15 is 0 Å². The molecular weight excluding hydrogens is 182 g/mol. The summed E-state index contributed by atoms with van der Waals surface area (Å²) in [4.78, 5) is 11.3. The van der Waals surface area contributed by atoms with Gasteiger partial charge in [-0.25, -0.2) is 4.79 Å². The first kappa shape index (κ1) is 10.1. The van der Waals surface area contributed by atoms with Crippen LogP contribution in [0.3, 0.4) is 0 Å². The molecule has 0 aliphatic carbocycles. The molecule has 1 heterocycles. The van der Waals surface area contributed by atoms with Crippen LogP contribution >= 0.6 is 0 Å². The fourth-order valence-electron chi connectivity index (χ4n) is 0.977. The lowest BCUT2D eigenvalue weighted by Gasteiger charge is -1.97. The van der Waals surface area contributed by atoms with Crippen LogP contribution < -0.4 is 5.73 Å². The lowest BCUT2D eigenvalue weighted by molar-refractivity contribution is 0.0527. The Kier molecular flexibility index (Phi) is 3.13. The highest BCUT2D eigenvalue weighted by atomic mass is 16.5. The average Bonchev–Trinajstić information content (AvgIpc) is 2.48. The Hall–Kier alpha value is -1.96. The number of ether oxygens (including phenoxy) is 1. The summed E-state index contributed by atoms with van der Waals surface area (Å²) < 4.78 is 6.19. The minimum Gasteiger partial charge on any atom is -0.462 e. The predicted molar refractivity (Wildman–Crippen MR) is 51.4 cm³/mol. The van der Waals surface area contributed by atoms with Crippen LogP contribution in [0.4, 0.5) is 5.82 Å². The molecule has 0 aromatic carbocycles. The Morgan fingerprint density at radius 1 is 1.86 bits per heavy atom. The van der Waals surface area contributed by atoms with Gasteiger partial charge in [0.15, 0.2) is 5.82 Å². The van der Waals surface area contributed by atoms with Crippen LogP contribution in [0.2, 0.25) is 0 Å². The summed E-state index contributed by atoms with van der Waals surface area (Å²) in [6.07, 6.45) is 6.57. The number of nitrogens with two attached hydrogens (primary N) is 1. The molecule has 1 aromatic heterocycles. The van der Waals surface area contributed by atoms with E-state index in [9.17, 15) is 4.79 Å². The first-order valence-electron chi connectivity index (χ1n) is 4.12. The molecular formula is C9H11N3O2. The topological polar surface area (TPSA) is 70.1 Å². The first-order valence-corrected chi connectivity index (χ1v) is 4.12. The van der Waals surface area contributed by atoms with E-state index in [4.69, 9.17) is 16.9 Å². The Morgan fingerprint density at radius 2 is 2.57 bits per heavy atom. The lowest BCUT2D eigenvalue weighted by Crippen LogP contribution is -2.06. The fraction of sp³-hybridized carbons (Fsp3) is 0.333. The SMILES string of the molecule is C#CCn1cc(C(=O)OCC)c(N)n1. The number of terminal acetylenes is 1. The summed E-state index contributed by atoms with van der Waals surface area (Å²) in [6, 6.07) is 0. The smallest absolute Gasteiger partial charge is 0.343 e. The number of anilines is 1. The van der Waals surface area contributed by atoms with Gasteiger partial charge in [0, 0.05) is 6.20 Å². The summed E-state index contributed by atoms with van der Waals surface area (Å²) in [5.74, 6) is 2.05. The molecule has 0 saturated heterocycles. The summed E-state index contributed by atoms with van der Waals surface area (Å²) >= 11 is 0. The largest absolute Gasteiger partial charge is 0.462 e. The van der Waals surface area contributed by atoms with Crippen LogP contribution in [0.15, 0.2) is 6.20 Å². The number of carbonyl (C=O) groups is 1. The highest BCUT2D eigenvalue weighted by molar-refractivity contribution is 5.93. The Morgan fingerprint density at radius 3 is 3.14 bits per heavy atom. The average molecular weight is 193 g/mol. The van der Waals surface area contributed by atoms with Crippen molar-refractivity contribution >= 4 is 11.8 Å². The molecule has 14 heavy (non-hydrogen) atoms. The zero-order valence-electron chi connectivity index (χ0n) is 7.86. The molecule has 0 spiro atoms. The minimum absolute atomic E-state index is 0.138. The zero-order valence-corrected chi connectivity index (χ0v) is 7.86. The molecule has 1 rings (SSSR count). The van der Waals surface area contributed by atoms with Crippen molar-refractivity contribution in [2.75, 3.05) is 12.3 Å². The van der Waals surface area contributed by atoms with Crippen molar-refractivity contribution < 1.29 is 9.53 Å². The Balaban J connectivity index is 2.88. The van der Waals surface area contributed by atoms with Crippen molar-refractivity contribution in [1.82, 2.24) is 9.78 Å². The molecule has 5 nitrogen and oxygen atoms in total. The molecule has 0 radical (unpaired) electrons. The molecule has 1 aromatic rings. The summed E-state index contributed by atoms with van der Waals surface area (Å²) in [5, 5.41) is 3.85. The molecule has 0 unspecified atom stereocenters. The molecule has 5 heteroatoms. The fourth-order valence-corrected chi connectivity index (χ4v) is 0.977. The van der Waals surface area contributed by atoms with Crippen molar-refractivity contribution in [1.29, 1.82) is 0 Å². The Bertz CT molecular complexity index is 376. The van der Waals surface area contributed by atoms with Crippen LogP contribution in [-0.2, 0) is 11.3 Å². The third kappa shape index (κ3) is 2.04. The molecule has 2 N–H and O–H groups in total. The normalized spacial score (nSPS) is 9.43. The van der Waals surface area contributed by atoms with E-state index in [2.05, 4.69) is 11.0 Å². The van der Waals surface area contributed by atoms with Gasteiger partial charge in [-0.15, -0.1) is 6.42 Å². The third-order valence-corrected chi connectivity index (χ3v) is 1.54. The maximum absolute atomic E-state index is 11.3. The number of aromatic nitrogens is 2. The van der Waals surface area contributed by atoms with Crippen LogP contribution in [0.25, 0.3) is 0 Å². The van der Waals surface area contributed by atoms with E-state index < -0.39 is 5.97 Å². The van der Waals surface area contributed by atoms with E-state index in [0.29, 0.717) is 6.61 Å². The van der Waals surface area contributed by atoms with Crippen LogP contribution in [-0.4, -0.2) is 22.4 Å². The van der Waals surface area contributed by atoms with Gasteiger partial charge in [-0.3, -0.25) is 4.68 Å². The maximum atomic E-state index is 11.3. The molecule has 74 valence electrons. The van der Waals surface area contributed by atoms with Crippen LogP contribution in [0.5, 0.6) is 0 Å². The molecule has 0 saturated carbocycles.